The summed E-state index contributed by atoms with van der Waals surface area (Å²) in [5.74, 6) is 2.37. The molecule has 0 unspecified atom stereocenters. The highest BCUT2D eigenvalue weighted by molar-refractivity contribution is 5.81. The summed E-state index contributed by atoms with van der Waals surface area (Å²) in [6, 6.07) is 0.388. The van der Waals surface area contributed by atoms with Crippen LogP contribution in [0.25, 0.3) is 0 Å². The van der Waals surface area contributed by atoms with Crippen molar-refractivity contribution in [3.8, 4) is 0 Å². The van der Waals surface area contributed by atoms with E-state index in [0.717, 1.165) is 48.7 Å². The van der Waals surface area contributed by atoms with Crippen molar-refractivity contribution in [1.82, 2.24) is 15.3 Å². The Morgan fingerprint density at radius 2 is 2.00 bits per heavy atom. The number of nitrogens with zero attached hydrogens (tertiary/aromatic N) is 2. The highest BCUT2D eigenvalue weighted by atomic mass is 16.2. The van der Waals surface area contributed by atoms with E-state index in [0.29, 0.717) is 6.04 Å². The summed E-state index contributed by atoms with van der Waals surface area (Å²) in [5.41, 5.74) is 0.937. The highest BCUT2D eigenvalue weighted by Gasteiger charge is 2.23. The summed E-state index contributed by atoms with van der Waals surface area (Å²) in [5, 5.41) is 9.14. The molecule has 110 valence electrons. The van der Waals surface area contributed by atoms with E-state index in [9.17, 15) is 4.79 Å². The molecule has 1 aliphatic rings. The van der Waals surface area contributed by atoms with E-state index in [4.69, 9.17) is 0 Å². The van der Waals surface area contributed by atoms with Gasteiger partial charge in [-0.25, -0.2) is 9.97 Å². The van der Waals surface area contributed by atoms with Crippen LogP contribution in [0.2, 0.25) is 0 Å². The number of aromatic nitrogens is 2. The second-order valence-electron chi connectivity index (χ2n) is 5.16. The number of carbonyl (C=O) groups is 1. The van der Waals surface area contributed by atoms with E-state index >= 15 is 0 Å². The van der Waals surface area contributed by atoms with Gasteiger partial charge in [0.05, 0.1) is 6.54 Å². The minimum absolute atomic E-state index is 0.0218. The van der Waals surface area contributed by atoms with Gasteiger partial charge >= 0.3 is 0 Å². The first-order valence-corrected chi connectivity index (χ1v) is 7.22. The van der Waals surface area contributed by atoms with Crippen LogP contribution in [0.1, 0.15) is 37.6 Å². The Bertz CT molecular complexity index is 485. The van der Waals surface area contributed by atoms with Gasteiger partial charge in [0.25, 0.3) is 0 Å². The van der Waals surface area contributed by atoms with Gasteiger partial charge in [0.2, 0.25) is 5.91 Å². The van der Waals surface area contributed by atoms with E-state index < -0.39 is 0 Å². The van der Waals surface area contributed by atoms with Gasteiger partial charge in [0, 0.05) is 25.1 Å². The number of carbonyl (C=O) groups excluding carboxylic acids is 1. The molecular formula is C14H23N5O. The zero-order chi connectivity index (χ0) is 14.5. The van der Waals surface area contributed by atoms with E-state index in [1.54, 1.807) is 0 Å². The molecule has 0 atom stereocenters. The lowest BCUT2D eigenvalue weighted by Gasteiger charge is -2.13. The lowest BCUT2D eigenvalue weighted by molar-refractivity contribution is -0.119. The van der Waals surface area contributed by atoms with Crippen molar-refractivity contribution in [3.63, 3.8) is 0 Å². The maximum Gasteiger partial charge on any atom is 0.239 e. The van der Waals surface area contributed by atoms with Crippen molar-refractivity contribution in [2.45, 2.75) is 45.6 Å². The third-order valence-corrected chi connectivity index (χ3v) is 3.26. The second kappa shape index (κ2) is 6.54. The molecule has 1 fully saturated rings. The lowest BCUT2D eigenvalue weighted by atomic mass is 10.2. The average Bonchev–Trinajstić information content (AvgIpc) is 3.23. The Balaban J connectivity index is 2.03. The fourth-order valence-corrected chi connectivity index (χ4v) is 1.98. The summed E-state index contributed by atoms with van der Waals surface area (Å²) in [6.45, 7) is 4.30. The van der Waals surface area contributed by atoms with E-state index in [-0.39, 0.29) is 12.5 Å². The van der Waals surface area contributed by atoms with E-state index in [1.807, 2.05) is 14.0 Å². The molecule has 0 saturated heterocycles. The van der Waals surface area contributed by atoms with Crippen LogP contribution in [0.5, 0.6) is 0 Å². The summed E-state index contributed by atoms with van der Waals surface area (Å²) < 4.78 is 0. The van der Waals surface area contributed by atoms with Gasteiger partial charge in [-0.1, -0.05) is 6.92 Å². The quantitative estimate of drug-likeness (QED) is 0.703. The van der Waals surface area contributed by atoms with Crippen LogP contribution in [0, 0.1) is 6.92 Å². The summed E-state index contributed by atoms with van der Waals surface area (Å²) >= 11 is 0. The Labute approximate surface area is 119 Å². The van der Waals surface area contributed by atoms with Crippen LogP contribution in [0.3, 0.4) is 0 Å². The monoisotopic (exact) mass is 277 g/mol. The molecule has 0 spiro atoms. The Morgan fingerprint density at radius 1 is 1.30 bits per heavy atom. The van der Waals surface area contributed by atoms with Gasteiger partial charge in [-0.3, -0.25) is 4.79 Å². The minimum atomic E-state index is 0.0218. The van der Waals surface area contributed by atoms with Crippen molar-refractivity contribution >= 4 is 17.5 Å². The number of hydrogen-bond acceptors (Lipinski definition) is 5. The van der Waals surface area contributed by atoms with Crippen molar-refractivity contribution in [3.05, 3.63) is 11.4 Å². The number of hydrogen-bond donors (Lipinski definition) is 3. The Morgan fingerprint density at radius 3 is 2.60 bits per heavy atom. The highest BCUT2D eigenvalue weighted by Crippen LogP contribution is 2.20. The maximum atomic E-state index is 11.7. The van der Waals surface area contributed by atoms with Crippen LogP contribution in [0.15, 0.2) is 0 Å². The van der Waals surface area contributed by atoms with Crippen molar-refractivity contribution in [1.29, 1.82) is 0 Å². The molecule has 0 bridgehead atoms. The van der Waals surface area contributed by atoms with Crippen molar-refractivity contribution < 1.29 is 4.79 Å². The Kier molecular flexibility index (Phi) is 4.76. The molecule has 1 aliphatic carbocycles. The third-order valence-electron chi connectivity index (χ3n) is 3.26. The number of rotatable bonds is 7. The van der Waals surface area contributed by atoms with Gasteiger partial charge in [-0.05, 0) is 26.2 Å². The molecular weight excluding hydrogens is 254 g/mol. The fourth-order valence-electron chi connectivity index (χ4n) is 1.98. The molecule has 0 radical (unpaired) electrons. The van der Waals surface area contributed by atoms with Gasteiger partial charge in [0.1, 0.15) is 17.5 Å². The number of aryl methyl sites for hydroxylation is 1. The van der Waals surface area contributed by atoms with Crippen molar-refractivity contribution in [2.75, 3.05) is 24.2 Å². The molecule has 2 rings (SSSR count). The average molecular weight is 277 g/mol. The SMILES string of the molecule is CCCc1nc(NC)c(C)c(NCC(=O)NC2CC2)n1. The molecule has 0 aliphatic heterocycles. The Hall–Kier alpha value is -1.85. The van der Waals surface area contributed by atoms with Crippen LogP contribution in [-0.4, -0.2) is 35.5 Å². The predicted octanol–water partition coefficient (Wildman–Crippen LogP) is 1.47. The van der Waals surface area contributed by atoms with E-state index in [2.05, 4.69) is 32.8 Å². The van der Waals surface area contributed by atoms with Crippen molar-refractivity contribution in [2.24, 2.45) is 0 Å². The molecule has 3 N–H and O–H groups in total. The maximum absolute atomic E-state index is 11.7. The molecule has 1 heterocycles. The first kappa shape index (κ1) is 14.6. The summed E-state index contributed by atoms with van der Waals surface area (Å²) in [6.07, 6.45) is 4.03. The fraction of sp³-hybridized carbons (Fsp3) is 0.643. The molecule has 6 nitrogen and oxygen atoms in total. The molecule has 6 heteroatoms. The van der Waals surface area contributed by atoms with Gasteiger partial charge in [-0.2, -0.15) is 0 Å². The lowest BCUT2D eigenvalue weighted by Crippen LogP contribution is -2.31. The topological polar surface area (TPSA) is 78.9 Å². The van der Waals surface area contributed by atoms with Gasteiger partial charge < -0.3 is 16.0 Å². The predicted molar refractivity (Wildman–Crippen MR) is 80.0 cm³/mol. The smallest absolute Gasteiger partial charge is 0.239 e. The zero-order valence-electron chi connectivity index (χ0n) is 12.4. The zero-order valence-corrected chi connectivity index (χ0v) is 12.4. The number of anilines is 2. The molecule has 1 amide bonds. The molecule has 1 aromatic rings. The van der Waals surface area contributed by atoms with E-state index in [1.165, 1.54) is 0 Å². The second-order valence-corrected chi connectivity index (χ2v) is 5.16. The molecule has 0 aromatic carbocycles. The first-order chi connectivity index (χ1) is 9.63. The summed E-state index contributed by atoms with van der Waals surface area (Å²) in [4.78, 5) is 20.7. The third kappa shape index (κ3) is 3.82. The number of amides is 1. The molecule has 20 heavy (non-hydrogen) atoms. The molecule has 1 saturated carbocycles. The standard InChI is InChI=1S/C14H23N5O/c1-4-5-11-18-13(15-3)9(2)14(19-11)16-8-12(20)17-10-6-7-10/h10H,4-8H2,1-3H3,(H,17,20)(H2,15,16,18,19). The van der Waals surface area contributed by atoms with Gasteiger partial charge in [-0.15, -0.1) is 0 Å². The van der Waals surface area contributed by atoms with Crippen LogP contribution < -0.4 is 16.0 Å². The largest absolute Gasteiger partial charge is 0.373 e. The van der Waals surface area contributed by atoms with Crippen LogP contribution in [0.4, 0.5) is 11.6 Å². The summed E-state index contributed by atoms with van der Waals surface area (Å²) in [7, 11) is 1.84. The van der Waals surface area contributed by atoms with Crippen LogP contribution >= 0.6 is 0 Å². The van der Waals surface area contributed by atoms with Gasteiger partial charge in [0.15, 0.2) is 0 Å². The normalized spacial score (nSPS) is 13.9. The first-order valence-electron chi connectivity index (χ1n) is 7.22. The molecule has 1 aromatic heterocycles. The minimum Gasteiger partial charge on any atom is -0.373 e. The van der Waals surface area contributed by atoms with Crippen LogP contribution in [-0.2, 0) is 11.2 Å². The number of nitrogens with one attached hydrogen (secondary N) is 3.